The van der Waals surface area contributed by atoms with Gasteiger partial charge in [0.25, 0.3) is 3.79 Å². The first-order valence-electron chi connectivity index (χ1n) is 8.06. The summed E-state index contributed by atoms with van der Waals surface area (Å²) in [6.07, 6.45) is 0.963. The molecule has 2 heterocycles. The minimum Gasteiger partial charge on any atom is -0.478 e. The number of hydrogen-bond donors (Lipinski definition) is 1. The van der Waals surface area contributed by atoms with Crippen LogP contribution in [0.25, 0.3) is 0 Å². The number of nitrogens with zero attached hydrogens (tertiary/aromatic N) is 1. The standard InChI is InChI=1S/C16H16ClNO2S.C2HCl3O2/c1-20-16(19)15(12-4-2-3-5-13(12)17)18-8-6-14-11(10-18)7-9-21-14;3-2(4,5)1(6)7/h2-5,7,9,15H,6,8,10H2,1H3;(H,6,7)/t15-;/m1./s1. The summed E-state index contributed by atoms with van der Waals surface area (Å²) in [6, 6.07) is 9.16. The smallest absolute Gasteiger partial charge is 0.356 e. The van der Waals surface area contributed by atoms with E-state index in [4.69, 9.17) is 56.2 Å². The van der Waals surface area contributed by atoms with E-state index in [1.807, 2.05) is 24.3 Å². The highest BCUT2D eigenvalue weighted by Crippen LogP contribution is 2.33. The molecule has 0 amide bonds. The second-order valence-corrected chi connectivity index (χ2v) is 9.53. The fourth-order valence-electron chi connectivity index (χ4n) is 2.77. The Morgan fingerprint density at radius 1 is 1.25 bits per heavy atom. The maximum absolute atomic E-state index is 12.3. The second kappa shape index (κ2) is 10.1. The van der Waals surface area contributed by atoms with Crippen LogP contribution in [0.2, 0.25) is 5.02 Å². The second-order valence-electron chi connectivity index (χ2n) is 5.84. The third-order valence-corrected chi connectivity index (χ3v) is 5.92. The minimum absolute atomic E-state index is 0.262. The molecule has 0 bridgehead atoms. The molecule has 0 unspecified atom stereocenters. The van der Waals surface area contributed by atoms with Crippen molar-refractivity contribution in [3.8, 4) is 0 Å². The topological polar surface area (TPSA) is 66.8 Å². The number of rotatable bonds is 3. The van der Waals surface area contributed by atoms with E-state index in [9.17, 15) is 9.59 Å². The number of ether oxygens (including phenoxy) is 1. The van der Waals surface area contributed by atoms with Crippen molar-refractivity contribution in [2.24, 2.45) is 0 Å². The molecule has 1 aliphatic rings. The van der Waals surface area contributed by atoms with Crippen LogP contribution in [-0.2, 0) is 27.3 Å². The van der Waals surface area contributed by atoms with Crippen LogP contribution in [0.1, 0.15) is 22.0 Å². The number of alkyl halides is 3. The Kier molecular flexibility index (Phi) is 8.43. The Balaban J connectivity index is 0.000000345. The summed E-state index contributed by atoms with van der Waals surface area (Å²) in [5.41, 5.74) is 2.11. The molecule has 1 aromatic heterocycles. The summed E-state index contributed by atoms with van der Waals surface area (Å²) in [5.74, 6) is -1.72. The molecular weight excluding hydrogens is 468 g/mol. The van der Waals surface area contributed by atoms with Crippen LogP contribution in [0.4, 0.5) is 0 Å². The first kappa shape index (κ1) is 23.3. The number of benzene rings is 1. The molecule has 1 N–H and O–H groups in total. The van der Waals surface area contributed by atoms with Gasteiger partial charge in [-0.1, -0.05) is 64.6 Å². The number of aliphatic carboxylic acids is 1. The van der Waals surface area contributed by atoms with Crippen molar-refractivity contribution in [2.45, 2.75) is 22.8 Å². The van der Waals surface area contributed by atoms with Crippen molar-refractivity contribution >= 4 is 69.7 Å². The highest BCUT2D eigenvalue weighted by molar-refractivity contribution is 7.10. The molecule has 0 radical (unpaired) electrons. The Morgan fingerprint density at radius 3 is 2.46 bits per heavy atom. The summed E-state index contributed by atoms with van der Waals surface area (Å²) in [4.78, 5) is 25.5. The van der Waals surface area contributed by atoms with E-state index >= 15 is 0 Å². The summed E-state index contributed by atoms with van der Waals surface area (Å²) in [7, 11) is 1.42. The van der Waals surface area contributed by atoms with Crippen molar-refractivity contribution < 1.29 is 19.4 Å². The maximum Gasteiger partial charge on any atom is 0.356 e. The molecule has 0 saturated carbocycles. The Morgan fingerprint density at radius 2 is 1.89 bits per heavy atom. The van der Waals surface area contributed by atoms with Crippen LogP contribution >= 0.6 is 57.7 Å². The van der Waals surface area contributed by atoms with Crippen LogP contribution in [0.15, 0.2) is 35.7 Å². The van der Waals surface area contributed by atoms with Gasteiger partial charge in [0.05, 0.1) is 7.11 Å². The molecule has 1 aromatic carbocycles. The maximum atomic E-state index is 12.3. The van der Waals surface area contributed by atoms with Gasteiger partial charge in [0, 0.05) is 23.0 Å². The zero-order chi connectivity index (χ0) is 20.9. The zero-order valence-electron chi connectivity index (χ0n) is 14.7. The number of carbonyl (C=O) groups excluding carboxylic acids is 1. The van der Waals surface area contributed by atoms with Crippen LogP contribution in [0.5, 0.6) is 0 Å². The summed E-state index contributed by atoms with van der Waals surface area (Å²) < 4.78 is 2.84. The molecule has 1 atom stereocenters. The number of fused-ring (bicyclic) bond motifs is 1. The molecule has 152 valence electrons. The van der Waals surface area contributed by atoms with E-state index in [1.54, 1.807) is 11.3 Å². The molecular formula is C18H17Cl4NO4S. The molecule has 10 heteroatoms. The number of carboxylic acid groups (broad SMARTS) is 1. The molecule has 0 fully saturated rings. The van der Waals surface area contributed by atoms with Gasteiger partial charge in [0.15, 0.2) is 0 Å². The van der Waals surface area contributed by atoms with Gasteiger partial charge in [-0.2, -0.15) is 0 Å². The average molecular weight is 485 g/mol. The highest BCUT2D eigenvalue weighted by Gasteiger charge is 2.32. The van der Waals surface area contributed by atoms with Crippen LogP contribution in [0, 0.1) is 0 Å². The molecule has 0 spiro atoms. The Hall–Kier alpha value is -1.02. The number of hydrogen-bond acceptors (Lipinski definition) is 5. The first-order chi connectivity index (χ1) is 13.1. The van der Waals surface area contributed by atoms with Gasteiger partial charge in [-0.05, 0) is 35.1 Å². The number of esters is 1. The van der Waals surface area contributed by atoms with Gasteiger partial charge in [0.2, 0.25) is 0 Å². The molecule has 1 aliphatic heterocycles. The average Bonchev–Trinajstić information content (AvgIpc) is 3.11. The Labute approximate surface area is 186 Å². The number of carboxylic acids is 1. The van der Waals surface area contributed by atoms with Gasteiger partial charge < -0.3 is 9.84 Å². The number of carbonyl (C=O) groups is 2. The lowest BCUT2D eigenvalue weighted by atomic mass is 10.0. The van der Waals surface area contributed by atoms with Gasteiger partial charge >= 0.3 is 11.9 Å². The zero-order valence-corrected chi connectivity index (χ0v) is 18.5. The lowest BCUT2D eigenvalue weighted by Gasteiger charge is -2.33. The van der Waals surface area contributed by atoms with Crippen LogP contribution in [0.3, 0.4) is 0 Å². The molecule has 0 aliphatic carbocycles. The third-order valence-electron chi connectivity index (χ3n) is 4.07. The molecule has 0 saturated heterocycles. The lowest BCUT2D eigenvalue weighted by molar-refractivity contribution is -0.147. The summed E-state index contributed by atoms with van der Waals surface area (Å²) in [5, 5.41) is 10.6. The van der Waals surface area contributed by atoms with Gasteiger partial charge in [-0.25, -0.2) is 9.59 Å². The highest BCUT2D eigenvalue weighted by atomic mass is 35.6. The predicted octanol–water partition coefficient (Wildman–Crippen LogP) is 5.12. The van der Waals surface area contributed by atoms with Crippen molar-refractivity contribution in [2.75, 3.05) is 13.7 Å². The van der Waals surface area contributed by atoms with E-state index in [0.717, 1.165) is 25.1 Å². The largest absolute Gasteiger partial charge is 0.478 e. The van der Waals surface area contributed by atoms with Crippen molar-refractivity contribution in [1.82, 2.24) is 4.90 Å². The molecule has 3 rings (SSSR count). The van der Waals surface area contributed by atoms with E-state index in [1.165, 1.54) is 17.6 Å². The lowest BCUT2D eigenvalue weighted by Crippen LogP contribution is -2.38. The van der Waals surface area contributed by atoms with Crippen molar-refractivity contribution in [3.05, 3.63) is 56.7 Å². The van der Waals surface area contributed by atoms with E-state index < -0.39 is 15.8 Å². The van der Waals surface area contributed by atoms with Crippen molar-refractivity contribution in [3.63, 3.8) is 0 Å². The first-order valence-corrected chi connectivity index (χ1v) is 10.5. The fraction of sp³-hybridized carbons (Fsp3) is 0.333. The van der Waals surface area contributed by atoms with Crippen LogP contribution < -0.4 is 0 Å². The summed E-state index contributed by atoms with van der Waals surface area (Å²) in [6.45, 7) is 1.59. The quantitative estimate of drug-likeness (QED) is 0.484. The monoisotopic (exact) mass is 483 g/mol. The molecule has 2 aromatic rings. The van der Waals surface area contributed by atoms with Crippen molar-refractivity contribution in [1.29, 1.82) is 0 Å². The minimum atomic E-state index is -2.17. The fourth-order valence-corrected chi connectivity index (χ4v) is 3.90. The number of halogens is 4. The SMILES string of the molecule is COC(=O)[C@@H](c1ccccc1Cl)N1CCc2sccc2C1.O=C(O)C(Cl)(Cl)Cl. The number of thiophene rings is 1. The molecule has 28 heavy (non-hydrogen) atoms. The van der Waals surface area contributed by atoms with Gasteiger partial charge in [-0.15, -0.1) is 11.3 Å². The normalized spacial score (nSPS) is 15.0. The van der Waals surface area contributed by atoms with E-state index in [-0.39, 0.29) is 5.97 Å². The summed E-state index contributed by atoms with van der Waals surface area (Å²) >= 11 is 22.5. The van der Waals surface area contributed by atoms with Crippen LogP contribution in [-0.4, -0.2) is 39.4 Å². The van der Waals surface area contributed by atoms with Gasteiger partial charge in [0.1, 0.15) is 6.04 Å². The Bertz CT molecular complexity index is 837. The van der Waals surface area contributed by atoms with Gasteiger partial charge in [-0.3, -0.25) is 4.90 Å². The van der Waals surface area contributed by atoms with E-state index in [0.29, 0.717) is 5.02 Å². The third kappa shape index (κ3) is 5.99. The van der Waals surface area contributed by atoms with E-state index in [2.05, 4.69) is 16.3 Å². The number of methoxy groups -OCH3 is 1. The predicted molar refractivity (Wildman–Crippen MR) is 113 cm³/mol. The molecule has 5 nitrogen and oxygen atoms in total.